The molecule has 1 atom stereocenters. The molecule has 1 unspecified atom stereocenters. The van der Waals surface area contributed by atoms with Gasteiger partial charge in [-0.2, -0.15) is 0 Å². The number of likely N-dealkylation sites (tertiary alicyclic amines) is 1. The van der Waals surface area contributed by atoms with E-state index in [0.29, 0.717) is 11.5 Å². The van der Waals surface area contributed by atoms with E-state index in [0.717, 1.165) is 43.0 Å². The summed E-state index contributed by atoms with van der Waals surface area (Å²) in [6.07, 6.45) is 8.43. The van der Waals surface area contributed by atoms with E-state index < -0.39 is 0 Å². The molecule has 0 amide bonds. The summed E-state index contributed by atoms with van der Waals surface area (Å²) >= 11 is 0. The Hall–Kier alpha value is -2.33. The Bertz CT molecular complexity index is 792. The topological polar surface area (TPSA) is 18.5 Å². The second kappa shape index (κ2) is 24.7. The predicted octanol–water partition coefficient (Wildman–Crippen LogP) is 10.1. The molecule has 1 fully saturated rings. The average molecular weight is 546 g/mol. The van der Waals surface area contributed by atoms with E-state index in [1.807, 2.05) is 33.9 Å². The standard InChI is InChI=1S/C12H20N2.C9H10FN.C6H14.C3H8.C3H6.C2H6/c1-5-13-9-11(4)14-8-6-7-12(14)10(2)3;1-11-5-7-3-2-4-9(10)8(7)6-11;1-5-6(2,3)4;2*1-3-2;1-2/h5,12-13H,1-2,4,6-9H2,3H3;2-4H,5-6H2,1H3;5H2,1-4H3;3H2,1-2H3;3H,1H2,2H3;1-2H3. The van der Waals surface area contributed by atoms with E-state index in [1.165, 1.54) is 37.3 Å². The van der Waals surface area contributed by atoms with Crippen molar-refractivity contribution in [2.45, 2.75) is 114 Å². The zero-order valence-electron chi connectivity index (χ0n) is 27.7. The maximum atomic E-state index is 13.0. The molecule has 0 aliphatic carbocycles. The lowest BCUT2D eigenvalue weighted by molar-refractivity contribution is 0.348. The summed E-state index contributed by atoms with van der Waals surface area (Å²) < 4.78 is 13.0. The first kappa shape index (κ1) is 41.2. The summed E-state index contributed by atoms with van der Waals surface area (Å²) in [7, 11) is 2.00. The van der Waals surface area contributed by atoms with E-state index >= 15 is 0 Å². The van der Waals surface area contributed by atoms with E-state index in [1.54, 1.807) is 18.3 Å². The van der Waals surface area contributed by atoms with E-state index in [4.69, 9.17) is 0 Å². The van der Waals surface area contributed by atoms with E-state index in [2.05, 4.69) is 89.9 Å². The molecule has 2 heterocycles. The first-order valence-electron chi connectivity index (χ1n) is 14.8. The average Bonchev–Trinajstić information content (AvgIpc) is 3.53. The molecule has 2 aliphatic heterocycles. The second-order valence-electron chi connectivity index (χ2n) is 10.9. The van der Waals surface area contributed by atoms with Crippen LogP contribution in [0.25, 0.3) is 0 Å². The molecule has 0 radical (unpaired) electrons. The Kier molecular flexibility index (Phi) is 26.1. The van der Waals surface area contributed by atoms with Crippen molar-refractivity contribution in [3.05, 3.63) is 85.0 Å². The lowest BCUT2D eigenvalue weighted by Gasteiger charge is -2.28. The molecule has 0 saturated carbocycles. The number of benzene rings is 1. The van der Waals surface area contributed by atoms with Crippen molar-refractivity contribution in [2.75, 3.05) is 20.1 Å². The quantitative estimate of drug-likeness (QED) is 0.371. The number of allylic oxidation sites excluding steroid dienone is 1. The van der Waals surface area contributed by atoms with Crippen LogP contribution >= 0.6 is 0 Å². The monoisotopic (exact) mass is 546 g/mol. The highest BCUT2D eigenvalue weighted by Gasteiger charge is 2.25. The van der Waals surface area contributed by atoms with Crippen molar-refractivity contribution >= 4 is 0 Å². The Balaban J connectivity index is -0.000000460. The lowest BCUT2D eigenvalue weighted by atomic mass is 9.94. The largest absolute Gasteiger partial charge is 0.386 e. The van der Waals surface area contributed by atoms with Crippen molar-refractivity contribution in [1.29, 1.82) is 0 Å². The van der Waals surface area contributed by atoms with Crippen LogP contribution in [0.1, 0.15) is 106 Å². The van der Waals surface area contributed by atoms with Crippen LogP contribution in [0.3, 0.4) is 0 Å². The molecule has 1 saturated heterocycles. The first-order chi connectivity index (χ1) is 18.3. The van der Waals surface area contributed by atoms with E-state index in [-0.39, 0.29) is 5.82 Å². The van der Waals surface area contributed by atoms with Gasteiger partial charge in [-0.15, -0.1) is 6.58 Å². The van der Waals surface area contributed by atoms with Gasteiger partial charge >= 0.3 is 0 Å². The van der Waals surface area contributed by atoms with E-state index in [9.17, 15) is 4.39 Å². The number of nitrogens with zero attached hydrogens (tertiary/aromatic N) is 2. The van der Waals surface area contributed by atoms with Crippen molar-refractivity contribution in [1.82, 2.24) is 15.1 Å². The van der Waals surface area contributed by atoms with Gasteiger partial charge in [-0.3, -0.25) is 4.90 Å². The van der Waals surface area contributed by atoms with Gasteiger partial charge in [0.2, 0.25) is 0 Å². The van der Waals surface area contributed by atoms with Crippen LogP contribution in [-0.4, -0.2) is 36.0 Å². The van der Waals surface area contributed by atoms with Crippen molar-refractivity contribution in [3.8, 4) is 0 Å². The van der Waals surface area contributed by atoms with Gasteiger partial charge in [0, 0.05) is 36.9 Å². The molecular formula is C35H64FN3. The Morgan fingerprint density at radius 3 is 2.03 bits per heavy atom. The number of hydrogen-bond donors (Lipinski definition) is 1. The highest BCUT2D eigenvalue weighted by molar-refractivity contribution is 5.31. The van der Waals surface area contributed by atoms with Crippen LogP contribution in [0, 0.1) is 11.2 Å². The Morgan fingerprint density at radius 1 is 1.10 bits per heavy atom. The second-order valence-corrected chi connectivity index (χ2v) is 10.9. The molecule has 1 aromatic carbocycles. The SMILES string of the molecule is C=CC.C=CNCC(=C)N1CCCC1C(=C)C.CC.CCC.CCC(C)(C)C.CN1Cc2cccc(F)c2C1. The van der Waals surface area contributed by atoms with Gasteiger partial charge in [-0.25, -0.2) is 4.39 Å². The molecule has 226 valence electrons. The minimum Gasteiger partial charge on any atom is -0.386 e. The van der Waals surface area contributed by atoms with Crippen LogP contribution in [0.5, 0.6) is 0 Å². The van der Waals surface area contributed by atoms with Gasteiger partial charge in [-0.05, 0) is 57.0 Å². The van der Waals surface area contributed by atoms with Crippen LogP contribution in [0.4, 0.5) is 4.39 Å². The third-order valence-electron chi connectivity index (χ3n) is 5.82. The summed E-state index contributed by atoms with van der Waals surface area (Å²) in [5, 5.41) is 3.08. The summed E-state index contributed by atoms with van der Waals surface area (Å²) in [5.41, 5.74) is 4.92. The van der Waals surface area contributed by atoms with Gasteiger partial charge in [0.05, 0.1) is 6.54 Å². The van der Waals surface area contributed by atoms with Gasteiger partial charge in [0.1, 0.15) is 5.82 Å². The molecule has 2 aliphatic rings. The van der Waals surface area contributed by atoms with Crippen LogP contribution in [0.15, 0.2) is 68.1 Å². The highest BCUT2D eigenvalue weighted by Crippen LogP contribution is 2.25. The Labute approximate surface area is 244 Å². The summed E-state index contributed by atoms with van der Waals surface area (Å²) in [4.78, 5) is 4.45. The first-order valence-corrected chi connectivity index (χ1v) is 14.8. The fourth-order valence-corrected chi connectivity index (χ4v) is 3.49. The summed E-state index contributed by atoms with van der Waals surface area (Å²) in [5.74, 6) is -0.0631. The molecule has 1 N–H and O–H groups in total. The molecule has 3 rings (SSSR count). The zero-order chi connectivity index (χ0) is 31.0. The summed E-state index contributed by atoms with van der Waals surface area (Å²) in [6.45, 7) is 39.8. The maximum Gasteiger partial charge on any atom is 0.128 e. The van der Waals surface area contributed by atoms with Gasteiger partial charge in [-0.1, -0.05) is 112 Å². The third kappa shape index (κ3) is 20.3. The normalized spacial score (nSPS) is 15.0. The molecule has 0 spiro atoms. The lowest BCUT2D eigenvalue weighted by Crippen LogP contribution is -2.32. The smallest absolute Gasteiger partial charge is 0.128 e. The maximum absolute atomic E-state index is 13.0. The molecule has 0 bridgehead atoms. The molecule has 39 heavy (non-hydrogen) atoms. The number of fused-ring (bicyclic) bond motifs is 1. The van der Waals surface area contributed by atoms with Gasteiger partial charge < -0.3 is 10.2 Å². The number of nitrogens with one attached hydrogen (secondary N) is 1. The van der Waals surface area contributed by atoms with Crippen molar-refractivity contribution < 1.29 is 4.39 Å². The third-order valence-corrected chi connectivity index (χ3v) is 5.82. The molecule has 4 heteroatoms. The van der Waals surface area contributed by atoms with Crippen molar-refractivity contribution in [2.24, 2.45) is 5.41 Å². The van der Waals surface area contributed by atoms with Crippen molar-refractivity contribution in [3.63, 3.8) is 0 Å². The van der Waals surface area contributed by atoms with Crippen LogP contribution in [0.2, 0.25) is 0 Å². The molecule has 3 nitrogen and oxygen atoms in total. The van der Waals surface area contributed by atoms with Gasteiger partial charge in [0.15, 0.2) is 0 Å². The highest BCUT2D eigenvalue weighted by atomic mass is 19.1. The zero-order valence-corrected chi connectivity index (χ0v) is 27.7. The fraction of sp³-hybridized carbons (Fsp3) is 0.600. The van der Waals surface area contributed by atoms with Crippen LogP contribution < -0.4 is 5.32 Å². The minimum atomic E-state index is -0.0631. The number of hydrogen-bond acceptors (Lipinski definition) is 3. The molecule has 0 aromatic heterocycles. The van der Waals surface area contributed by atoms with Crippen LogP contribution in [-0.2, 0) is 13.1 Å². The Morgan fingerprint density at radius 2 is 1.62 bits per heavy atom. The molecular weight excluding hydrogens is 481 g/mol. The number of rotatable bonds is 5. The molecule has 1 aromatic rings. The summed E-state index contributed by atoms with van der Waals surface area (Å²) in [6, 6.07) is 5.78. The predicted molar refractivity (Wildman–Crippen MR) is 176 cm³/mol. The number of halogens is 1. The fourth-order valence-electron chi connectivity index (χ4n) is 3.49. The minimum absolute atomic E-state index is 0.0631. The van der Waals surface area contributed by atoms with Gasteiger partial charge in [0.25, 0.3) is 0 Å².